The summed E-state index contributed by atoms with van der Waals surface area (Å²) in [5.41, 5.74) is 0. The van der Waals surface area contributed by atoms with Crippen LogP contribution in [0.4, 0.5) is 4.79 Å². The van der Waals surface area contributed by atoms with Gasteiger partial charge in [-0.25, -0.2) is 4.79 Å². The summed E-state index contributed by atoms with van der Waals surface area (Å²) in [7, 11) is 2.16. The lowest BCUT2D eigenvalue weighted by Gasteiger charge is -2.38. The van der Waals surface area contributed by atoms with Crippen LogP contribution < -0.4 is 5.32 Å². The fraction of sp³-hybridized carbons (Fsp3) is 0.450. The van der Waals surface area contributed by atoms with E-state index in [4.69, 9.17) is 11.6 Å². The zero-order chi connectivity index (χ0) is 19.9. The standard InChI is InChI=1S/C20H27ClN4OS2/c1-3-8-25(15-16-6-7-19(21)28-16)20(26)22-14-17(18-5-4-13-27-18)24-11-9-23(2)10-12-24/h3-7,13,17H,1,8-12,14-15H2,2H3,(H,22,26)/t17-/m0/s1. The topological polar surface area (TPSA) is 38.8 Å². The first-order chi connectivity index (χ1) is 13.6. The average molecular weight is 439 g/mol. The highest BCUT2D eigenvalue weighted by Crippen LogP contribution is 2.26. The highest BCUT2D eigenvalue weighted by atomic mass is 35.5. The molecular weight excluding hydrogens is 412 g/mol. The summed E-state index contributed by atoms with van der Waals surface area (Å²) in [6.45, 7) is 9.56. The van der Waals surface area contributed by atoms with Crippen molar-refractivity contribution in [3.8, 4) is 0 Å². The molecule has 28 heavy (non-hydrogen) atoms. The van der Waals surface area contributed by atoms with Crippen LogP contribution in [0.3, 0.4) is 0 Å². The number of nitrogens with zero attached hydrogens (tertiary/aromatic N) is 3. The summed E-state index contributed by atoms with van der Waals surface area (Å²) in [5, 5.41) is 5.26. The summed E-state index contributed by atoms with van der Waals surface area (Å²) in [6.07, 6.45) is 1.76. The van der Waals surface area contributed by atoms with E-state index in [1.807, 2.05) is 12.1 Å². The van der Waals surface area contributed by atoms with E-state index in [9.17, 15) is 4.79 Å². The molecule has 1 atom stereocenters. The van der Waals surface area contributed by atoms with Crippen LogP contribution in [0.2, 0.25) is 4.34 Å². The zero-order valence-electron chi connectivity index (χ0n) is 16.1. The number of urea groups is 1. The van der Waals surface area contributed by atoms with Gasteiger partial charge < -0.3 is 15.1 Å². The maximum absolute atomic E-state index is 12.9. The molecule has 8 heteroatoms. The number of carbonyl (C=O) groups excluding carboxylic acids is 1. The molecule has 0 bridgehead atoms. The number of carbonyl (C=O) groups is 1. The van der Waals surface area contributed by atoms with Crippen molar-refractivity contribution < 1.29 is 4.79 Å². The van der Waals surface area contributed by atoms with Crippen LogP contribution in [-0.4, -0.2) is 67.0 Å². The number of piperazine rings is 1. The molecule has 152 valence electrons. The summed E-state index contributed by atoms with van der Waals surface area (Å²) in [6, 6.07) is 8.21. The van der Waals surface area contributed by atoms with Gasteiger partial charge >= 0.3 is 6.03 Å². The molecule has 3 rings (SSSR count). The fourth-order valence-electron chi connectivity index (χ4n) is 3.32. The summed E-state index contributed by atoms with van der Waals surface area (Å²) < 4.78 is 0.738. The summed E-state index contributed by atoms with van der Waals surface area (Å²) >= 11 is 9.28. The van der Waals surface area contributed by atoms with Gasteiger partial charge in [0.2, 0.25) is 0 Å². The predicted molar refractivity (Wildman–Crippen MR) is 119 cm³/mol. The van der Waals surface area contributed by atoms with Gasteiger partial charge in [0.1, 0.15) is 0 Å². The molecule has 1 N–H and O–H groups in total. The molecule has 3 heterocycles. The van der Waals surface area contributed by atoms with E-state index in [-0.39, 0.29) is 12.1 Å². The third-order valence-corrected chi connectivity index (χ3v) is 7.10. The predicted octanol–water partition coefficient (Wildman–Crippen LogP) is 4.15. The minimum atomic E-state index is -0.0693. The molecule has 1 aliphatic rings. The molecule has 2 aromatic rings. The molecule has 5 nitrogen and oxygen atoms in total. The molecule has 1 saturated heterocycles. The maximum atomic E-state index is 12.9. The molecular formula is C20H27ClN4OS2. The second-order valence-corrected chi connectivity index (χ2v) is 9.71. The summed E-state index contributed by atoms with van der Waals surface area (Å²) in [5.74, 6) is 0. The van der Waals surface area contributed by atoms with Gasteiger partial charge in [0.15, 0.2) is 0 Å². The quantitative estimate of drug-likeness (QED) is 0.629. The number of halogens is 1. The van der Waals surface area contributed by atoms with Crippen LogP contribution in [0, 0.1) is 0 Å². The first-order valence-electron chi connectivity index (χ1n) is 9.40. The number of rotatable bonds is 8. The van der Waals surface area contributed by atoms with Crippen molar-refractivity contribution in [1.82, 2.24) is 20.0 Å². The Kier molecular flexibility index (Phi) is 7.93. The van der Waals surface area contributed by atoms with Crippen LogP contribution in [0.25, 0.3) is 0 Å². The monoisotopic (exact) mass is 438 g/mol. The first kappa shape index (κ1) is 21.3. The van der Waals surface area contributed by atoms with Gasteiger partial charge in [0.05, 0.1) is 16.9 Å². The van der Waals surface area contributed by atoms with Crippen molar-refractivity contribution in [2.75, 3.05) is 46.3 Å². The minimum Gasteiger partial charge on any atom is -0.336 e. The van der Waals surface area contributed by atoms with Gasteiger partial charge in [0, 0.05) is 49.0 Å². The third kappa shape index (κ3) is 5.81. The van der Waals surface area contributed by atoms with Gasteiger partial charge in [-0.15, -0.1) is 29.3 Å². The molecule has 1 aliphatic heterocycles. The normalized spacial score (nSPS) is 16.6. The molecule has 1 fully saturated rings. The molecule has 0 radical (unpaired) electrons. The van der Waals surface area contributed by atoms with E-state index >= 15 is 0 Å². The van der Waals surface area contributed by atoms with E-state index < -0.39 is 0 Å². The van der Waals surface area contributed by atoms with Gasteiger partial charge in [-0.05, 0) is 30.6 Å². The second kappa shape index (κ2) is 10.4. The first-order valence-corrected chi connectivity index (χ1v) is 11.5. The Bertz CT molecular complexity index is 756. The Labute approximate surface area is 180 Å². The highest BCUT2D eigenvalue weighted by molar-refractivity contribution is 7.16. The van der Waals surface area contributed by atoms with Crippen molar-refractivity contribution in [3.63, 3.8) is 0 Å². The van der Waals surface area contributed by atoms with Crippen LogP contribution in [0.1, 0.15) is 15.8 Å². The van der Waals surface area contributed by atoms with Gasteiger partial charge in [-0.3, -0.25) is 4.90 Å². The van der Waals surface area contributed by atoms with E-state index in [2.05, 4.69) is 46.3 Å². The number of hydrogen-bond acceptors (Lipinski definition) is 5. The van der Waals surface area contributed by atoms with Crippen molar-refractivity contribution in [2.24, 2.45) is 0 Å². The smallest absolute Gasteiger partial charge is 0.318 e. The maximum Gasteiger partial charge on any atom is 0.318 e. The van der Waals surface area contributed by atoms with E-state index in [1.54, 1.807) is 22.3 Å². The Morgan fingerprint density at radius 2 is 2.14 bits per heavy atom. The largest absolute Gasteiger partial charge is 0.336 e. The molecule has 0 spiro atoms. The molecule has 0 aromatic carbocycles. The van der Waals surface area contributed by atoms with E-state index in [0.29, 0.717) is 19.6 Å². The van der Waals surface area contributed by atoms with Gasteiger partial charge in [0.25, 0.3) is 0 Å². The molecule has 0 unspecified atom stereocenters. The lowest BCUT2D eigenvalue weighted by atomic mass is 10.1. The number of likely N-dealkylation sites (N-methyl/N-ethyl adjacent to an activating group) is 1. The van der Waals surface area contributed by atoms with Crippen molar-refractivity contribution in [1.29, 1.82) is 0 Å². The number of thiophene rings is 2. The Balaban J connectivity index is 1.63. The number of hydrogen-bond donors (Lipinski definition) is 1. The third-order valence-electron chi connectivity index (χ3n) is 4.91. The van der Waals surface area contributed by atoms with Crippen LogP contribution in [-0.2, 0) is 6.54 Å². The van der Waals surface area contributed by atoms with Crippen molar-refractivity contribution in [3.05, 3.63) is 56.4 Å². The lowest BCUT2D eigenvalue weighted by molar-refractivity contribution is 0.111. The Hall–Kier alpha value is -1.38. The molecule has 0 saturated carbocycles. The number of nitrogens with one attached hydrogen (secondary N) is 1. The van der Waals surface area contributed by atoms with Crippen LogP contribution in [0.15, 0.2) is 42.3 Å². The Morgan fingerprint density at radius 3 is 2.75 bits per heavy atom. The van der Waals surface area contributed by atoms with Crippen molar-refractivity contribution >= 4 is 40.3 Å². The van der Waals surface area contributed by atoms with Gasteiger partial charge in [-0.1, -0.05) is 23.7 Å². The fourth-order valence-corrected chi connectivity index (χ4v) is 5.28. The second-order valence-electron chi connectivity index (χ2n) is 6.93. The average Bonchev–Trinajstić information content (AvgIpc) is 3.35. The SMILES string of the molecule is C=CCN(Cc1ccc(Cl)s1)C(=O)NC[C@@H](c1cccs1)N1CCN(C)CC1. The van der Waals surface area contributed by atoms with E-state index in [1.165, 1.54) is 16.2 Å². The molecule has 2 amide bonds. The summed E-state index contributed by atoms with van der Waals surface area (Å²) in [4.78, 5) is 21.8. The van der Waals surface area contributed by atoms with Crippen molar-refractivity contribution in [2.45, 2.75) is 12.6 Å². The minimum absolute atomic E-state index is 0.0693. The van der Waals surface area contributed by atoms with Crippen LogP contribution >= 0.6 is 34.3 Å². The molecule has 2 aromatic heterocycles. The lowest BCUT2D eigenvalue weighted by Crippen LogP contribution is -2.49. The van der Waals surface area contributed by atoms with E-state index in [0.717, 1.165) is 35.4 Å². The molecule has 0 aliphatic carbocycles. The number of amides is 2. The van der Waals surface area contributed by atoms with Crippen LogP contribution in [0.5, 0.6) is 0 Å². The van der Waals surface area contributed by atoms with Gasteiger partial charge in [-0.2, -0.15) is 0 Å². The highest BCUT2D eigenvalue weighted by Gasteiger charge is 2.26. The Morgan fingerprint density at radius 1 is 1.36 bits per heavy atom. The zero-order valence-corrected chi connectivity index (χ0v) is 18.5.